The minimum absolute atomic E-state index is 0.288. The fraction of sp³-hybridized carbons (Fsp3) is 0.667. The molecule has 0 saturated heterocycles. The van der Waals surface area contributed by atoms with Crippen LogP contribution < -0.4 is 10.6 Å². The molecule has 2 heterocycles. The lowest BCUT2D eigenvalue weighted by atomic mass is 9.96. The van der Waals surface area contributed by atoms with Gasteiger partial charge in [-0.05, 0) is 33.6 Å². The Bertz CT molecular complexity index is 700. The molecule has 1 aliphatic carbocycles. The molecule has 0 aromatic carbocycles. The number of rotatable bonds is 4. The van der Waals surface area contributed by atoms with E-state index in [1.165, 1.54) is 19.3 Å². The Labute approximate surface area is 140 Å². The lowest BCUT2D eigenvalue weighted by Crippen LogP contribution is -2.43. The van der Waals surface area contributed by atoms with Crippen LogP contribution in [0, 0.1) is 6.92 Å². The van der Waals surface area contributed by atoms with Crippen molar-refractivity contribution in [1.82, 2.24) is 30.2 Å². The van der Waals surface area contributed by atoms with Crippen molar-refractivity contribution < 1.29 is 9.32 Å². The van der Waals surface area contributed by atoms with Gasteiger partial charge in [-0.15, -0.1) is 5.10 Å². The van der Waals surface area contributed by atoms with E-state index in [4.69, 9.17) is 4.52 Å². The van der Waals surface area contributed by atoms with Crippen molar-refractivity contribution in [2.45, 2.75) is 64.5 Å². The van der Waals surface area contributed by atoms with Gasteiger partial charge in [-0.2, -0.15) is 4.98 Å². The fourth-order valence-electron chi connectivity index (χ4n) is 2.87. The molecule has 1 aliphatic rings. The highest BCUT2D eigenvalue weighted by Gasteiger charge is 2.29. The van der Waals surface area contributed by atoms with E-state index < -0.39 is 11.6 Å². The molecular weight excluding hydrogens is 310 g/mol. The molecule has 9 heteroatoms. The summed E-state index contributed by atoms with van der Waals surface area (Å²) in [5, 5.41) is 13.5. The molecule has 2 aromatic heterocycles. The predicted octanol–water partition coefficient (Wildman–Crippen LogP) is 2.53. The predicted molar refractivity (Wildman–Crippen MR) is 86.4 cm³/mol. The normalized spacial score (nSPS) is 16.1. The van der Waals surface area contributed by atoms with E-state index in [9.17, 15) is 4.79 Å². The second-order valence-corrected chi connectivity index (χ2v) is 6.69. The van der Waals surface area contributed by atoms with Crippen LogP contribution in [0.1, 0.15) is 63.7 Å². The number of nitrogens with one attached hydrogen (secondary N) is 2. The largest absolute Gasteiger partial charge is 0.337 e. The molecule has 0 atom stereocenters. The lowest BCUT2D eigenvalue weighted by Gasteiger charge is -2.22. The number of hydrogen-bond acceptors (Lipinski definition) is 6. The molecule has 24 heavy (non-hydrogen) atoms. The van der Waals surface area contributed by atoms with Crippen molar-refractivity contribution in [2.75, 3.05) is 5.32 Å². The molecule has 2 aromatic rings. The van der Waals surface area contributed by atoms with Gasteiger partial charge in [0.05, 0.1) is 6.04 Å². The summed E-state index contributed by atoms with van der Waals surface area (Å²) < 4.78 is 6.97. The van der Waals surface area contributed by atoms with Crippen LogP contribution in [0.15, 0.2) is 10.9 Å². The zero-order valence-corrected chi connectivity index (χ0v) is 14.2. The maximum Gasteiger partial charge on any atom is 0.322 e. The monoisotopic (exact) mass is 333 g/mol. The molecule has 0 radical (unpaired) electrons. The minimum Gasteiger partial charge on any atom is -0.337 e. The summed E-state index contributed by atoms with van der Waals surface area (Å²) in [6, 6.07) is -0.0417. The number of carbonyl (C=O) groups is 1. The Hall–Kier alpha value is -2.45. The molecule has 9 nitrogen and oxygen atoms in total. The van der Waals surface area contributed by atoms with Crippen LogP contribution >= 0.6 is 0 Å². The van der Waals surface area contributed by atoms with Crippen LogP contribution in [0.25, 0.3) is 0 Å². The van der Waals surface area contributed by atoms with Gasteiger partial charge in [0.15, 0.2) is 5.82 Å². The summed E-state index contributed by atoms with van der Waals surface area (Å²) >= 11 is 0. The summed E-state index contributed by atoms with van der Waals surface area (Å²) in [4.78, 5) is 20.5. The van der Waals surface area contributed by atoms with Crippen LogP contribution in [0.3, 0.4) is 0 Å². The maximum absolute atomic E-state index is 12.2. The maximum atomic E-state index is 12.2. The first-order valence-electron chi connectivity index (χ1n) is 8.25. The second kappa shape index (κ2) is 6.58. The van der Waals surface area contributed by atoms with Crippen molar-refractivity contribution >= 4 is 12.0 Å². The van der Waals surface area contributed by atoms with Gasteiger partial charge >= 0.3 is 6.03 Å². The molecule has 1 saturated carbocycles. The van der Waals surface area contributed by atoms with Crippen LogP contribution in [0.2, 0.25) is 0 Å². The molecule has 0 bridgehead atoms. The number of amides is 2. The van der Waals surface area contributed by atoms with Crippen molar-refractivity contribution in [3.05, 3.63) is 18.0 Å². The van der Waals surface area contributed by atoms with Gasteiger partial charge in [0.2, 0.25) is 5.95 Å². The van der Waals surface area contributed by atoms with Gasteiger partial charge in [-0.1, -0.05) is 24.4 Å². The minimum atomic E-state index is -0.794. The fourth-order valence-corrected chi connectivity index (χ4v) is 2.87. The first kappa shape index (κ1) is 16.4. The average Bonchev–Trinajstić information content (AvgIpc) is 3.17. The lowest BCUT2D eigenvalue weighted by molar-refractivity contribution is 0.228. The van der Waals surface area contributed by atoms with Gasteiger partial charge in [-0.3, -0.25) is 5.32 Å². The number of urea groups is 1. The van der Waals surface area contributed by atoms with E-state index in [0.29, 0.717) is 17.8 Å². The summed E-state index contributed by atoms with van der Waals surface area (Å²) in [5.74, 6) is 1.15. The van der Waals surface area contributed by atoms with Crippen molar-refractivity contribution in [3.8, 4) is 0 Å². The first-order valence-corrected chi connectivity index (χ1v) is 8.25. The highest BCUT2D eigenvalue weighted by atomic mass is 16.5. The number of aromatic nitrogens is 5. The van der Waals surface area contributed by atoms with E-state index in [1.807, 2.05) is 4.68 Å². The van der Waals surface area contributed by atoms with E-state index in [1.54, 1.807) is 27.1 Å². The summed E-state index contributed by atoms with van der Waals surface area (Å²) in [6.45, 7) is 5.30. The summed E-state index contributed by atoms with van der Waals surface area (Å²) in [7, 11) is 0. The van der Waals surface area contributed by atoms with Crippen molar-refractivity contribution in [3.63, 3.8) is 0 Å². The Morgan fingerprint density at radius 3 is 2.75 bits per heavy atom. The van der Waals surface area contributed by atoms with Crippen molar-refractivity contribution in [1.29, 1.82) is 0 Å². The van der Waals surface area contributed by atoms with Gasteiger partial charge in [0.25, 0.3) is 5.89 Å². The van der Waals surface area contributed by atoms with Gasteiger partial charge < -0.3 is 9.84 Å². The Kier molecular flexibility index (Phi) is 4.50. The number of hydrogen-bond donors (Lipinski definition) is 2. The second-order valence-electron chi connectivity index (χ2n) is 6.69. The van der Waals surface area contributed by atoms with Crippen LogP contribution in [-0.4, -0.2) is 30.9 Å². The molecule has 2 N–H and O–H groups in total. The molecule has 2 amide bonds. The molecule has 3 rings (SSSR count). The third kappa shape index (κ3) is 3.72. The highest BCUT2D eigenvalue weighted by molar-refractivity contribution is 5.87. The standard InChI is InChI=1S/C15H23N7O2/c1-10-17-12(24-21-10)15(2,3)19-14(23)18-13-16-9-22(20-13)11-7-5-4-6-8-11/h9,11H,4-8H2,1-3H3,(H2,18,19,20,23). The van der Waals surface area contributed by atoms with E-state index in [2.05, 4.69) is 30.9 Å². The molecular formula is C15H23N7O2. The number of carbonyl (C=O) groups excluding carboxylic acids is 1. The van der Waals surface area contributed by atoms with Crippen LogP contribution in [0.4, 0.5) is 10.7 Å². The summed E-state index contributed by atoms with van der Waals surface area (Å²) in [6.07, 6.45) is 7.61. The van der Waals surface area contributed by atoms with E-state index >= 15 is 0 Å². The zero-order chi connectivity index (χ0) is 17.2. The molecule has 0 spiro atoms. The van der Waals surface area contributed by atoms with Crippen LogP contribution in [0.5, 0.6) is 0 Å². The molecule has 0 aliphatic heterocycles. The molecule has 130 valence electrons. The quantitative estimate of drug-likeness (QED) is 0.889. The number of nitrogens with zero attached hydrogens (tertiary/aromatic N) is 5. The first-order chi connectivity index (χ1) is 11.4. The Balaban J connectivity index is 1.59. The van der Waals surface area contributed by atoms with Crippen LogP contribution in [-0.2, 0) is 5.54 Å². The third-order valence-electron chi connectivity index (χ3n) is 4.17. The molecule has 0 unspecified atom stereocenters. The number of aryl methyl sites for hydroxylation is 1. The summed E-state index contributed by atoms with van der Waals surface area (Å²) in [5.41, 5.74) is -0.794. The Morgan fingerprint density at radius 1 is 1.33 bits per heavy atom. The van der Waals surface area contributed by atoms with E-state index in [-0.39, 0.29) is 5.95 Å². The Morgan fingerprint density at radius 2 is 2.08 bits per heavy atom. The van der Waals surface area contributed by atoms with Gasteiger partial charge in [0, 0.05) is 0 Å². The number of anilines is 1. The SMILES string of the molecule is Cc1noc(C(C)(C)NC(=O)Nc2ncn(C3CCCCC3)n2)n1. The van der Waals surface area contributed by atoms with Crippen molar-refractivity contribution in [2.24, 2.45) is 0 Å². The average molecular weight is 333 g/mol. The van der Waals surface area contributed by atoms with Gasteiger partial charge in [0.1, 0.15) is 11.9 Å². The van der Waals surface area contributed by atoms with Gasteiger partial charge in [-0.25, -0.2) is 14.5 Å². The topological polar surface area (TPSA) is 111 Å². The smallest absolute Gasteiger partial charge is 0.322 e. The molecule has 1 fully saturated rings. The highest BCUT2D eigenvalue weighted by Crippen LogP contribution is 2.27. The zero-order valence-electron chi connectivity index (χ0n) is 14.2. The third-order valence-corrected chi connectivity index (χ3v) is 4.17. The van der Waals surface area contributed by atoms with E-state index in [0.717, 1.165) is 12.8 Å².